The first-order valence-electron chi connectivity index (χ1n) is 6.41. The molecule has 0 amide bonds. The standard InChI is InChI=1S/C14H23NO3/c1-15(2)9-3-4-12-5-7-14(8-6-12)18-11-13(17)10-16/h5-8,13,16-17H,3-4,9-11H2,1-2H3/p+1/t13-/m0/s1. The molecular weight excluding hydrogens is 230 g/mol. The van der Waals surface area contributed by atoms with Crippen molar-refractivity contribution in [3.8, 4) is 5.75 Å². The SMILES string of the molecule is C[NH+](C)CCCc1ccc(OC[C@@H](O)CO)cc1. The van der Waals surface area contributed by atoms with Crippen LogP contribution in [0.2, 0.25) is 0 Å². The van der Waals surface area contributed by atoms with Crippen molar-refractivity contribution in [1.82, 2.24) is 0 Å². The Hall–Kier alpha value is -1.10. The molecule has 0 aliphatic rings. The van der Waals surface area contributed by atoms with E-state index >= 15 is 0 Å². The highest BCUT2D eigenvalue weighted by Gasteiger charge is 2.03. The van der Waals surface area contributed by atoms with E-state index in [9.17, 15) is 0 Å². The van der Waals surface area contributed by atoms with Gasteiger partial charge >= 0.3 is 0 Å². The molecule has 0 aromatic heterocycles. The third kappa shape index (κ3) is 6.00. The second-order valence-corrected chi connectivity index (χ2v) is 4.85. The number of ether oxygens (including phenoxy) is 1. The first kappa shape index (κ1) is 15.0. The molecule has 1 aromatic carbocycles. The summed E-state index contributed by atoms with van der Waals surface area (Å²) in [6.07, 6.45) is 1.43. The van der Waals surface area contributed by atoms with Crippen LogP contribution in [0.1, 0.15) is 12.0 Å². The maximum absolute atomic E-state index is 9.16. The Morgan fingerprint density at radius 2 is 1.89 bits per heavy atom. The fraction of sp³-hybridized carbons (Fsp3) is 0.571. The van der Waals surface area contributed by atoms with E-state index in [0.717, 1.165) is 12.2 Å². The van der Waals surface area contributed by atoms with Crippen molar-refractivity contribution in [2.24, 2.45) is 0 Å². The zero-order chi connectivity index (χ0) is 13.4. The predicted molar refractivity (Wildman–Crippen MR) is 71.0 cm³/mol. The van der Waals surface area contributed by atoms with Crippen LogP contribution in [0.25, 0.3) is 0 Å². The second kappa shape index (κ2) is 8.08. The minimum atomic E-state index is -0.812. The van der Waals surface area contributed by atoms with E-state index in [2.05, 4.69) is 14.1 Å². The molecule has 3 N–H and O–H groups in total. The van der Waals surface area contributed by atoms with Crippen molar-refractivity contribution in [3.63, 3.8) is 0 Å². The quantitative estimate of drug-likeness (QED) is 0.586. The number of hydrogen-bond acceptors (Lipinski definition) is 3. The average Bonchev–Trinajstić information content (AvgIpc) is 2.37. The maximum Gasteiger partial charge on any atom is 0.119 e. The van der Waals surface area contributed by atoms with E-state index in [1.54, 1.807) is 0 Å². The van der Waals surface area contributed by atoms with Gasteiger partial charge in [0.25, 0.3) is 0 Å². The molecule has 18 heavy (non-hydrogen) atoms. The molecule has 4 nitrogen and oxygen atoms in total. The van der Waals surface area contributed by atoms with Gasteiger partial charge in [0, 0.05) is 6.42 Å². The molecule has 0 fully saturated rings. The molecule has 0 aliphatic heterocycles. The summed E-state index contributed by atoms with van der Waals surface area (Å²) >= 11 is 0. The Morgan fingerprint density at radius 1 is 1.22 bits per heavy atom. The molecule has 0 bridgehead atoms. The summed E-state index contributed by atoms with van der Waals surface area (Å²) in [7, 11) is 4.31. The molecular formula is C14H24NO3+. The van der Waals surface area contributed by atoms with Crippen molar-refractivity contribution in [3.05, 3.63) is 29.8 Å². The van der Waals surface area contributed by atoms with Crippen LogP contribution in [-0.4, -0.2) is 50.2 Å². The van der Waals surface area contributed by atoms with Gasteiger partial charge in [-0.25, -0.2) is 0 Å². The normalized spacial score (nSPS) is 12.7. The van der Waals surface area contributed by atoms with Crippen molar-refractivity contribution in [1.29, 1.82) is 0 Å². The maximum atomic E-state index is 9.16. The van der Waals surface area contributed by atoms with Gasteiger partial charge in [-0.15, -0.1) is 0 Å². The van der Waals surface area contributed by atoms with Crippen molar-refractivity contribution in [2.45, 2.75) is 18.9 Å². The third-order valence-electron chi connectivity index (χ3n) is 2.72. The first-order chi connectivity index (χ1) is 8.61. The molecule has 0 saturated heterocycles. The van der Waals surface area contributed by atoms with Gasteiger partial charge in [0.2, 0.25) is 0 Å². The summed E-state index contributed by atoms with van der Waals surface area (Å²) in [5.41, 5.74) is 1.30. The van der Waals surface area contributed by atoms with Gasteiger partial charge in [0.05, 0.1) is 27.2 Å². The van der Waals surface area contributed by atoms with Gasteiger partial charge in [0.15, 0.2) is 0 Å². The number of hydrogen-bond donors (Lipinski definition) is 3. The number of aryl methyl sites for hydroxylation is 1. The van der Waals surface area contributed by atoms with Crippen LogP contribution >= 0.6 is 0 Å². The summed E-state index contributed by atoms with van der Waals surface area (Å²) in [5, 5.41) is 17.8. The highest BCUT2D eigenvalue weighted by atomic mass is 16.5. The molecule has 4 heteroatoms. The van der Waals surface area contributed by atoms with Gasteiger partial charge in [-0.1, -0.05) is 12.1 Å². The smallest absolute Gasteiger partial charge is 0.119 e. The average molecular weight is 254 g/mol. The van der Waals surface area contributed by atoms with Crippen LogP contribution in [-0.2, 0) is 6.42 Å². The van der Waals surface area contributed by atoms with E-state index in [4.69, 9.17) is 14.9 Å². The van der Waals surface area contributed by atoms with Crippen LogP contribution in [0.15, 0.2) is 24.3 Å². The largest absolute Gasteiger partial charge is 0.491 e. The van der Waals surface area contributed by atoms with Crippen LogP contribution in [0.5, 0.6) is 5.75 Å². The summed E-state index contributed by atoms with van der Waals surface area (Å²) < 4.78 is 5.34. The number of aliphatic hydroxyl groups excluding tert-OH is 2. The van der Waals surface area contributed by atoms with Gasteiger partial charge in [-0.05, 0) is 24.1 Å². The molecule has 0 unspecified atom stereocenters. The van der Waals surface area contributed by atoms with E-state index in [1.165, 1.54) is 23.4 Å². The Bertz CT molecular complexity index is 324. The Labute approximate surface area is 109 Å². The monoisotopic (exact) mass is 254 g/mol. The number of nitrogens with one attached hydrogen (secondary N) is 1. The molecule has 0 aliphatic carbocycles. The predicted octanol–water partition coefficient (Wildman–Crippen LogP) is -0.504. The van der Waals surface area contributed by atoms with E-state index < -0.39 is 6.10 Å². The fourth-order valence-corrected chi connectivity index (χ4v) is 1.64. The van der Waals surface area contributed by atoms with Crippen LogP contribution in [0.3, 0.4) is 0 Å². The summed E-state index contributed by atoms with van der Waals surface area (Å²) in [6.45, 7) is 1.02. The summed E-state index contributed by atoms with van der Waals surface area (Å²) in [6, 6.07) is 7.90. The molecule has 0 spiro atoms. The molecule has 0 saturated carbocycles. The summed E-state index contributed by atoms with van der Waals surface area (Å²) in [4.78, 5) is 1.47. The van der Waals surface area contributed by atoms with Gasteiger partial charge in [-0.3, -0.25) is 0 Å². The van der Waals surface area contributed by atoms with E-state index in [0.29, 0.717) is 0 Å². The Balaban J connectivity index is 2.33. The number of quaternary nitrogens is 1. The topological polar surface area (TPSA) is 54.1 Å². The van der Waals surface area contributed by atoms with Crippen LogP contribution < -0.4 is 9.64 Å². The Morgan fingerprint density at radius 3 is 2.44 bits per heavy atom. The van der Waals surface area contributed by atoms with Gasteiger partial charge in [0.1, 0.15) is 18.5 Å². The molecule has 1 atom stereocenters. The highest BCUT2D eigenvalue weighted by Crippen LogP contribution is 2.13. The lowest BCUT2D eigenvalue weighted by Crippen LogP contribution is -3.05. The molecule has 102 valence electrons. The van der Waals surface area contributed by atoms with E-state index in [1.807, 2.05) is 24.3 Å². The third-order valence-corrected chi connectivity index (χ3v) is 2.72. The van der Waals surface area contributed by atoms with Crippen molar-refractivity contribution < 1.29 is 19.8 Å². The Kier molecular flexibility index (Phi) is 6.72. The zero-order valence-corrected chi connectivity index (χ0v) is 11.2. The molecule has 0 heterocycles. The second-order valence-electron chi connectivity index (χ2n) is 4.85. The van der Waals surface area contributed by atoms with Gasteiger partial charge in [-0.2, -0.15) is 0 Å². The highest BCUT2D eigenvalue weighted by molar-refractivity contribution is 5.27. The lowest BCUT2D eigenvalue weighted by atomic mass is 10.1. The molecule has 0 radical (unpaired) electrons. The van der Waals surface area contributed by atoms with Crippen molar-refractivity contribution in [2.75, 3.05) is 33.9 Å². The van der Waals surface area contributed by atoms with Crippen LogP contribution in [0, 0.1) is 0 Å². The van der Waals surface area contributed by atoms with E-state index in [-0.39, 0.29) is 13.2 Å². The zero-order valence-electron chi connectivity index (χ0n) is 11.2. The number of benzene rings is 1. The lowest BCUT2D eigenvalue weighted by molar-refractivity contribution is -0.858. The van der Waals surface area contributed by atoms with Gasteiger partial charge < -0.3 is 19.8 Å². The summed E-state index contributed by atoms with van der Waals surface area (Å²) in [5.74, 6) is 0.726. The first-order valence-corrected chi connectivity index (χ1v) is 6.41. The number of rotatable bonds is 8. The minimum absolute atomic E-state index is 0.125. The minimum Gasteiger partial charge on any atom is -0.491 e. The number of aliphatic hydroxyl groups is 2. The molecule has 1 rings (SSSR count). The lowest BCUT2D eigenvalue weighted by Gasteiger charge is -2.10. The fourth-order valence-electron chi connectivity index (χ4n) is 1.64. The van der Waals surface area contributed by atoms with Crippen molar-refractivity contribution >= 4 is 0 Å². The molecule has 1 aromatic rings. The van der Waals surface area contributed by atoms with Crippen LogP contribution in [0.4, 0.5) is 0 Å².